The number of hydrogen-bond donors (Lipinski definition) is 1. The largest absolute Gasteiger partial charge is 0.399 e. The first-order chi connectivity index (χ1) is 12.9. The molecule has 5 nitrogen and oxygen atoms in total. The van der Waals surface area contributed by atoms with Gasteiger partial charge >= 0.3 is 0 Å². The highest BCUT2D eigenvalue weighted by Gasteiger charge is 2.16. The molecule has 27 heavy (non-hydrogen) atoms. The van der Waals surface area contributed by atoms with Crippen LogP contribution in [0.2, 0.25) is 15.1 Å². The Morgan fingerprint density at radius 1 is 0.926 bits per heavy atom. The lowest BCUT2D eigenvalue weighted by atomic mass is 10.2. The van der Waals surface area contributed by atoms with Gasteiger partial charge in [-0.25, -0.2) is 4.68 Å². The molecule has 4 aromatic rings. The second kappa shape index (κ2) is 6.93. The second-order valence-electron chi connectivity index (χ2n) is 6.04. The van der Waals surface area contributed by atoms with Crippen LogP contribution in [0.3, 0.4) is 0 Å². The fraction of sp³-hybridized carbons (Fsp3) is 0.0526. The molecule has 8 heteroatoms. The van der Waals surface area contributed by atoms with E-state index >= 15 is 0 Å². The Hall–Kier alpha value is -2.47. The van der Waals surface area contributed by atoms with E-state index in [4.69, 9.17) is 40.5 Å². The van der Waals surface area contributed by atoms with Gasteiger partial charge in [0.05, 0.1) is 33.8 Å². The lowest BCUT2D eigenvalue weighted by Crippen LogP contribution is -2.19. The number of hydrogen-bond acceptors (Lipinski definition) is 3. The van der Waals surface area contributed by atoms with Crippen LogP contribution in [0.5, 0.6) is 0 Å². The molecule has 0 radical (unpaired) electrons. The predicted molar refractivity (Wildman–Crippen MR) is 110 cm³/mol. The number of halogens is 3. The predicted octanol–water partition coefficient (Wildman–Crippen LogP) is 4.78. The summed E-state index contributed by atoms with van der Waals surface area (Å²) in [6, 6.07) is 13.8. The summed E-state index contributed by atoms with van der Waals surface area (Å²) in [7, 11) is 0. The molecule has 2 N–H and O–H groups in total. The summed E-state index contributed by atoms with van der Waals surface area (Å²) >= 11 is 18.6. The lowest BCUT2D eigenvalue weighted by molar-refractivity contribution is 0.795. The Bertz CT molecular complexity index is 1190. The number of nitrogens with two attached hydrogens (primary N) is 1. The number of anilines is 1. The molecule has 0 aliphatic heterocycles. The molecule has 0 atom stereocenters. The van der Waals surface area contributed by atoms with Gasteiger partial charge in [0, 0.05) is 16.8 Å². The SMILES string of the molecule is Nc1cc(Cl)c(-n2ncc3c2ccc(=O)n3Cc2ccc(Cl)cc2)c(Cl)c1. The molecule has 0 unspecified atom stereocenters. The topological polar surface area (TPSA) is 65.8 Å². The minimum atomic E-state index is -0.133. The molecule has 0 aliphatic rings. The Morgan fingerprint density at radius 2 is 1.59 bits per heavy atom. The summed E-state index contributed by atoms with van der Waals surface area (Å²) in [4.78, 5) is 12.5. The first kappa shape index (κ1) is 17.9. The Balaban J connectivity index is 1.88. The van der Waals surface area contributed by atoms with Crippen molar-refractivity contribution in [3.63, 3.8) is 0 Å². The molecule has 2 aromatic carbocycles. The molecule has 2 aromatic heterocycles. The van der Waals surface area contributed by atoms with Crippen molar-refractivity contribution in [1.29, 1.82) is 0 Å². The monoisotopic (exact) mass is 418 g/mol. The zero-order chi connectivity index (χ0) is 19.1. The number of pyridine rings is 1. The molecule has 0 saturated heterocycles. The summed E-state index contributed by atoms with van der Waals surface area (Å²) < 4.78 is 3.25. The van der Waals surface area contributed by atoms with E-state index in [1.165, 1.54) is 6.07 Å². The standard InChI is InChI=1S/C19H13Cl3N4O/c20-12-3-1-11(2-4-12)10-25-17-9-24-26(16(17)5-6-18(25)27)19-14(21)7-13(23)8-15(19)22/h1-9H,10,23H2. The van der Waals surface area contributed by atoms with Gasteiger partial charge in [-0.05, 0) is 35.9 Å². The van der Waals surface area contributed by atoms with Crippen LogP contribution >= 0.6 is 34.8 Å². The first-order valence-electron chi connectivity index (χ1n) is 8.01. The molecular formula is C19H13Cl3N4O. The highest BCUT2D eigenvalue weighted by atomic mass is 35.5. The minimum Gasteiger partial charge on any atom is -0.399 e. The van der Waals surface area contributed by atoms with E-state index in [9.17, 15) is 4.79 Å². The van der Waals surface area contributed by atoms with Gasteiger partial charge in [0.15, 0.2) is 0 Å². The van der Waals surface area contributed by atoms with Gasteiger partial charge in [0.2, 0.25) is 0 Å². The highest BCUT2D eigenvalue weighted by molar-refractivity contribution is 6.38. The molecule has 0 spiro atoms. The van der Waals surface area contributed by atoms with E-state index in [0.717, 1.165) is 5.56 Å². The van der Waals surface area contributed by atoms with Gasteiger partial charge in [-0.1, -0.05) is 46.9 Å². The van der Waals surface area contributed by atoms with Crippen LogP contribution in [0, 0.1) is 0 Å². The maximum atomic E-state index is 12.5. The average molecular weight is 420 g/mol. The number of benzene rings is 2. The van der Waals surface area contributed by atoms with E-state index in [0.29, 0.717) is 44.0 Å². The van der Waals surface area contributed by atoms with E-state index in [-0.39, 0.29) is 5.56 Å². The van der Waals surface area contributed by atoms with Crippen LogP contribution in [0.1, 0.15) is 5.56 Å². The van der Waals surface area contributed by atoms with Gasteiger partial charge in [0.1, 0.15) is 5.69 Å². The molecule has 4 rings (SSSR count). The van der Waals surface area contributed by atoms with E-state index in [1.807, 2.05) is 12.1 Å². The van der Waals surface area contributed by atoms with Gasteiger partial charge < -0.3 is 10.3 Å². The highest BCUT2D eigenvalue weighted by Crippen LogP contribution is 2.32. The van der Waals surface area contributed by atoms with Crippen LogP contribution in [0.4, 0.5) is 5.69 Å². The fourth-order valence-electron chi connectivity index (χ4n) is 2.97. The quantitative estimate of drug-likeness (QED) is 0.486. The molecule has 0 bridgehead atoms. The normalized spacial score (nSPS) is 11.2. The third kappa shape index (κ3) is 3.30. The van der Waals surface area contributed by atoms with E-state index in [2.05, 4.69) is 5.10 Å². The molecular weight excluding hydrogens is 407 g/mol. The number of nitrogens with zero attached hydrogens (tertiary/aromatic N) is 3. The van der Waals surface area contributed by atoms with Crippen LogP contribution in [-0.2, 0) is 6.54 Å². The molecule has 0 saturated carbocycles. The van der Waals surface area contributed by atoms with Gasteiger partial charge in [-0.2, -0.15) is 5.10 Å². The van der Waals surface area contributed by atoms with Crippen LogP contribution < -0.4 is 11.3 Å². The van der Waals surface area contributed by atoms with E-state index in [1.54, 1.807) is 45.8 Å². The van der Waals surface area contributed by atoms with Gasteiger partial charge in [-0.3, -0.25) is 4.79 Å². The Labute approximate surface area is 169 Å². The fourth-order valence-corrected chi connectivity index (χ4v) is 3.76. The zero-order valence-corrected chi connectivity index (χ0v) is 16.1. The first-order valence-corrected chi connectivity index (χ1v) is 9.14. The number of fused-ring (bicyclic) bond motifs is 1. The smallest absolute Gasteiger partial charge is 0.251 e. The van der Waals surface area contributed by atoms with Gasteiger partial charge in [-0.15, -0.1) is 0 Å². The third-order valence-corrected chi connectivity index (χ3v) is 5.06. The average Bonchev–Trinajstić information content (AvgIpc) is 3.02. The summed E-state index contributed by atoms with van der Waals surface area (Å²) in [5.41, 5.74) is 8.95. The van der Waals surface area contributed by atoms with E-state index < -0.39 is 0 Å². The van der Waals surface area contributed by atoms with Crippen molar-refractivity contribution in [2.24, 2.45) is 0 Å². The molecule has 0 aliphatic carbocycles. The van der Waals surface area contributed by atoms with Crippen molar-refractivity contribution in [2.45, 2.75) is 6.54 Å². The van der Waals surface area contributed by atoms with Crippen molar-refractivity contribution in [2.75, 3.05) is 5.73 Å². The molecule has 136 valence electrons. The second-order valence-corrected chi connectivity index (χ2v) is 7.30. The minimum absolute atomic E-state index is 0.133. The molecule has 0 amide bonds. The van der Waals surface area contributed by atoms with Crippen molar-refractivity contribution in [3.05, 3.63) is 85.7 Å². The summed E-state index contributed by atoms with van der Waals surface area (Å²) in [6.45, 7) is 0.391. The summed E-state index contributed by atoms with van der Waals surface area (Å²) in [6.07, 6.45) is 1.62. The lowest BCUT2D eigenvalue weighted by Gasteiger charge is -2.11. The van der Waals surface area contributed by atoms with Gasteiger partial charge in [0.25, 0.3) is 5.56 Å². The summed E-state index contributed by atoms with van der Waals surface area (Å²) in [5, 5.41) is 5.79. The van der Waals surface area contributed by atoms with Crippen LogP contribution in [0.15, 0.2) is 59.5 Å². The van der Waals surface area contributed by atoms with Crippen LogP contribution in [0.25, 0.3) is 16.7 Å². The maximum absolute atomic E-state index is 12.5. The molecule has 2 heterocycles. The van der Waals surface area contributed by atoms with Crippen molar-refractivity contribution < 1.29 is 0 Å². The number of aromatic nitrogens is 3. The van der Waals surface area contributed by atoms with Crippen molar-refractivity contribution in [1.82, 2.24) is 14.3 Å². The Morgan fingerprint density at radius 3 is 2.26 bits per heavy atom. The van der Waals surface area contributed by atoms with Crippen molar-refractivity contribution in [3.8, 4) is 5.69 Å². The van der Waals surface area contributed by atoms with Crippen LogP contribution in [-0.4, -0.2) is 14.3 Å². The zero-order valence-electron chi connectivity index (χ0n) is 13.9. The number of rotatable bonds is 3. The maximum Gasteiger partial charge on any atom is 0.251 e. The Kier molecular flexibility index (Phi) is 4.60. The third-order valence-electron chi connectivity index (χ3n) is 4.23. The van der Waals surface area contributed by atoms with Crippen molar-refractivity contribution >= 4 is 51.5 Å². The number of nitrogen functional groups attached to an aromatic ring is 1. The molecule has 0 fully saturated rings. The summed E-state index contributed by atoms with van der Waals surface area (Å²) in [5.74, 6) is 0.